The zero-order valence-electron chi connectivity index (χ0n) is 8.88. The van der Waals surface area contributed by atoms with Crippen LogP contribution < -0.4 is 4.74 Å². The summed E-state index contributed by atoms with van der Waals surface area (Å²) >= 11 is 0. The summed E-state index contributed by atoms with van der Waals surface area (Å²) in [6.07, 6.45) is 0.624. The lowest BCUT2D eigenvalue weighted by Gasteiger charge is -2.05. The third kappa shape index (κ3) is 1.37. The summed E-state index contributed by atoms with van der Waals surface area (Å²) in [5, 5.41) is 18.7. The third-order valence-corrected chi connectivity index (χ3v) is 2.27. The first-order chi connectivity index (χ1) is 7.69. The molecular weight excluding hydrogens is 212 g/mol. The van der Waals surface area contributed by atoms with Gasteiger partial charge in [0.1, 0.15) is 5.82 Å². The van der Waals surface area contributed by atoms with E-state index in [0.29, 0.717) is 17.9 Å². The smallest absolute Gasteiger partial charge is 0.329 e. The molecule has 0 radical (unpaired) electrons. The standard InChI is InChI=1S/C9H10N4O3/c1-3-7-10-11-8-5-4-6(13(14)15)9(16-2)12(7)8/h4-5H,3H2,1-2H3. The van der Waals surface area contributed by atoms with Gasteiger partial charge in [-0.2, -0.15) is 0 Å². The van der Waals surface area contributed by atoms with Crippen LogP contribution in [-0.2, 0) is 6.42 Å². The lowest BCUT2D eigenvalue weighted by atomic mass is 10.3. The van der Waals surface area contributed by atoms with Crippen LogP contribution in [0.15, 0.2) is 12.1 Å². The minimum Gasteiger partial charge on any atom is -0.477 e. The number of ether oxygens (including phenoxy) is 1. The molecule has 0 bridgehead atoms. The maximum absolute atomic E-state index is 10.8. The van der Waals surface area contributed by atoms with E-state index >= 15 is 0 Å². The minimum absolute atomic E-state index is 0.0931. The Morgan fingerprint density at radius 3 is 2.81 bits per heavy atom. The molecule has 0 atom stereocenters. The monoisotopic (exact) mass is 222 g/mol. The predicted molar refractivity (Wildman–Crippen MR) is 55.6 cm³/mol. The molecule has 0 saturated carbocycles. The molecule has 2 heterocycles. The molecule has 16 heavy (non-hydrogen) atoms. The van der Waals surface area contributed by atoms with Crippen LogP contribution in [0.2, 0.25) is 0 Å². The number of hydrogen-bond donors (Lipinski definition) is 0. The molecule has 0 aliphatic carbocycles. The number of fused-ring (bicyclic) bond motifs is 1. The average Bonchev–Trinajstić information content (AvgIpc) is 2.70. The van der Waals surface area contributed by atoms with E-state index in [1.807, 2.05) is 6.92 Å². The van der Waals surface area contributed by atoms with Gasteiger partial charge in [-0.05, 0) is 6.07 Å². The fraction of sp³-hybridized carbons (Fsp3) is 0.333. The summed E-state index contributed by atoms with van der Waals surface area (Å²) in [7, 11) is 1.39. The number of rotatable bonds is 3. The Labute approximate surface area is 90.8 Å². The van der Waals surface area contributed by atoms with Crippen LogP contribution in [0.3, 0.4) is 0 Å². The molecule has 0 aliphatic rings. The molecule has 7 heteroatoms. The van der Waals surface area contributed by atoms with Gasteiger partial charge in [0, 0.05) is 12.5 Å². The Morgan fingerprint density at radius 1 is 1.50 bits per heavy atom. The Balaban J connectivity index is 2.82. The van der Waals surface area contributed by atoms with Crippen LogP contribution >= 0.6 is 0 Å². The normalized spacial score (nSPS) is 10.6. The second-order valence-corrected chi connectivity index (χ2v) is 3.15. The molecule has 0 spiro atoms. The van der Waals surface area contributed by atoms with Gasteiger partial charge in [0.2, 0.25) is 0 Å². The van der Waals surface area contributed by atoms with Gasteiger partial charge in [0.25, 0.3) is 5.88 Å². The molecule has 0 fully saturated rings. The Hall–Kier alpha value is -2.18. The fourth-order valence-electron chi connectivity index (χ4n) is 1.56. The molecule has 0 aromatic carbocycles. The molecule has 0 amide bonds. The average molecular weight is 222 g/mol. The van der Waals surface area contributed by atoms with Gasteiger partial charge in [-0.3, -0.25) is 10.1 Å². The largest absolute Gasteiger partial charge is 0.477 e. The first-order valence-electron chi connectivity index (χ1n) is 4.74. The summed E-state index contributed by atoms with van der Waals surface area (Å²) in [6, 6.07) is 2.91. The van der Waals surface area contributed by atoms with Crippen molar-refractivity contribution in [3.05, 3.63) is 28.1 Å². The fourth-order valence-corrected chi connectivity index (χ4v) is 1.56. The second-order valence-electron chi connectivity index (χ2n) is 3.15. The molecule has 0 N–H and O–H groups in total. The van der Waals surface area contributed by atoms with Gasteiger partial charge in [0.05, 0.1) is 12.0 Å². The molecule has 2 aromatic rings. The highest BCUT2D eigenvalue weighted by Gasteiger charge is 2.20. The SMILES string of the molecule is CCc1nnc2ccc([N+](=O)[O-])c(OC)n12. The minimum atomic E-state index is -0.488. The molecule has 2 rings (SSSR count). The van der Waals surface area contributed by atoms with Crippen LogP contribution in [0, 0.1) is 10.1 Å². The first-order valence-corrected chi connectivity index (χ1v) is 4.74. The maximum atomic E-state index is 10.8. The zero-order valence-corrected chi connectivity index (χ0v) is 8.88. The molecule has 0 unspecified atom stereocenters. The van der Waals surface area contributed by atoms with Gasteiger partial charge in [-0.25, -0.2) is 4.40 Å². The highest BCUT2D eigenvalue weighted by atomic mass is 16.6. The van der Waals surface area contributed by atoms with Crippen molar-refractivity contribution < 1.29 is 9.66 Å². The van der Waals surface area contributed by atoms with E-state index in [1.54, 1.807) is 10.5 Å². The maximum Gasteiger partial charge on any atom is 0.329 e. The van der Waals surface area contributed by atoms with Crippen LogP contribution in [-0.4, -0.2) is 26.6 Å². The van der Waals surface area contributed by atoms with E-state index in [0.717, 1.165) is 0 Å². The Bertz CT molecular complexity index is 549. The van der Waals surface area contributed by atoms with Gasteiger partial charge < -0.3 is 4.74 Å². The number of methoxy groups -OCH3 is 1. The van der Waals surface area contributed by atoms with E-state index in [-0.39, 0.29) is 11.6 Å². The summed E-state index contributed by atoms with van der Waals surface area (Å²) in [4.78, 5) is 10.3. The van der Waals surface area contributed by atoms with Crippen molar-refractivity contribution in [1.82, 2.24) is 14.6 Å². The topological polar surface area (TPSA) is 82.6 Å². The van der Waals surface area contributed by atoms with E-state index in [9.17, 15) is 10.1 Å². The Morgan fingerprint density at radius 2 is 2.25 bits per heavy atom. The second kappa shape index (κ2) is 3.76. The van der Waals surface area contributed by atoms with Crippen molar-refractivity contribution in [3.8, 4) is 5.88 Å². The molecule has 0 aliphatic heterocycles. The van der Waals surface area contributed by atoms with E-state index in [2.05, 4.69) is 10.2 Å². The molecular formula is C9H10N4O3. The number of aromatic nitrogens is 3. The van der Waals surface area contributed by atoms with Crippen molar-refractivity contribution >= 4 is 11.3 Å². The summed E-state index contributed by atoms with van der Waals surface area (Å²) in [5.41, 5.74) is 0.448. The number of pyridine rings is 1. The predicted octanol–water partition coefficient (Wildman–Crippen LogP) is 1.21. The lowest BCUT2D eigenvalue weighted by Crippen LogP contribution is -2.02. The van der Waals surface area contributed by atoms with Crippen LogP contribution in [0.1, 0.15) is 12.7 Å². The highest BCUT2D eigenvalue weighted by Crippen LogP contribution is 2.28. The van der Waals surface area contributed by atoms with Gasteiger partial charge >= 0.3 is 5.69 Å². The van der Waals surface area contributed by atoms with Crippen molar-refractivity contribution in [2.75, 3.05) is 7.11 Å². The van der Waals surface area contributed by atoms with E-state index in [1.165, 1.54) is 13.2 Å². The summed E-state index contributed by atoms with van der Waals surface area (Å²) < 4.78 is 6.62. The van der Waals surface area contributed by atoms with Crippen molar-refractivity contribution in [3.63, 3.8) is 0 Å². The van der Waals surface area contributed by atoms with Gasteiger partial charge in [-0.15, -0.1) is 10.2 Å². The van der Waals surface area contributed by atoms with Crippen LogP contribution in [0.5, 0.6) is 5.88 Å². The molecule has 7 nitrogen and oxygen atoms in total. The van der Waals surface area contributed by atoms with Crippen LogP contribution in [0.4, 0.5) is 5.69 Å². The number of nitrogens with zero attached hydrogens (tertiary/aromatic N) is 4. The molecule has 84 valence electrons. The summed E-state index contributed by atoms with van der Waals surface area (Å²) in [5.74, 6) is 0.792. The first kappa shape index (κ1) is 10.3. The Kier molecular flexibility index (Phi) is 2.43. The van der Waals surface area contributed by atoms with Crippen molar-refractivity contribution in [2.24, 2.45) is 0 Å². The van der Waals surface area contributed by atoms with Crippen molar-refractivity contribution in [1.29, 1.82) is 0 Å². The van der Waals surface area contributed by atoms with Crippen LogP contribution in [0.25, 0.3) is 5.65 Å². The number of aryl methyl sites for hydroxylation is 1. The van der Waals surface area contributed by atoms with Gasteiger partial charge in [0.15, 0.2) is 5.65 Å². The third-order valence-electron chi connectivity index (χ3n) is 2.27. The van der Waals surface area contributed by atoms with E-state index in [4.69, 9.17) is 4.74 Å². The quantitative estimate of drug-likeness (QED) is 0.575. The highest BCUT2D eigenvalue weighted by molar-refractivity contribution is 5.52. The number of nitro groups is 1. The molecule has 2 aromatic heterocycles. The molecule has 0 saturated heterocycles. The van der Waals surface area contributed by atoms with Gasteiger partial charge in [-0.1, -0.05) is 6.92 Å². The number of hydrogen-bond acceptors (Lipinski definition) is 5. The van der Waals surface area contributed by atoms with E-state index < -0.39 is 4.92 Å². The zero-order chi connectivity index (χ0) is 11.7. The summed E-state index contributed by atoms with van der Waals surface area (Å²) in [6.45, 7) is 1.90. The van der Waals surface area contributed by atoms with Crippen molar-refractivity contribution in [2.45, 2.75) is 13.3 Å². The lowest BCUT2D eigenvalue weighted by molar-refractivity contribution is -0.386.